The average molecular weight is 295 g/mol. The molecule has 0 heterocycles. The van der Waals surface area contributed by atoms with Gasteiger partial charge in [0.05, 0.1) is 12.3 Å². The third-order valence-corrected chi connectivity index (χ3v) is 3.34. The summed E-state index contributed by atoms with van der Waals surface area (Å²) < 4.78 is 0. The molecule has 0 fully saturated rings. The van der Waals surface area contributed by atoms with Crippen molar-refractivity contribution in [1.82, 2.24) is 5.43 Å². The number of carbonyl (C=O) groups is 1. The molecule has 0 radical (unpaired) electrons. The van der Waals surface area contributed by atoms with Crippen molar-refractivity contribution in [2.45, 2.75) is 20.3 Å². The van der Waals surface area contributed by atoms with Crippen LogP contribution in [-0.4, -0.2) is 18.2 Å². The quantitative estimate of drug-likeness (QED) is 0.634. The number of nitrogens with zero attached hydrogens (tertiary/aromatic N) is 1. The Morgan fingerprint density at radius 1 is 1.05 bits per heavy atom. The molecule has 0 aliphatic heterocycles. The summed E-state index contributed by atoms with van der Waals surface area (Å²) in [7, 11) is 0. The lowest BCUT2D eigenvalue weighted by atomic mass is 10.1. The van der Waals surface area contributed by atoms with Gasteiger partial charge in [0.2, 0.25) is 0 Å². The van der Waals surface area contributed by atoms with Crippen molar-refractivity contribution >= 4 is 17.3 Å². The topological polar surface area (TPSA) is 53.5 Å². The van der Waals surface area contributed by atoms with Crippen molar-refractivity contribution in [3.8, 4) is 0 Å². The molecule has 0 aliphatic rings. The molecule has 114 valence electrons. The van der Waals surface area contributed by atoms with E-state index in [9.17, 15) is 4.79 Å². The van der Waals surface area contributed by atoms with E-state index < -0.39 is 0 Å². The molecule has 1 amide bonds. The van der Waals surface area contributed by atoms with Gasteiger partial charge in [-0.2, -0.15) is 5.10 Å². The van der Waals surface area contributed by atoms with Crippen LogP contribution in [0.1, 0.15) is 24.5 Å². The van der Waals surface area contributed by atoms with Gasteiger partial charge < -0.3 is 5.32 Å². The largest absolute Gasteiger partial charge is 0.376 e. The van der Waals surface area contributed by atoms with Crippen LogP contribution in [0.5, 0.6) is 0 Å². The first-order valence-electron chi connectivity index (χ1n) is 7.41. The van der Waals surface area contributed by atoms with E-state index in [1.54, 1.807) is 0 Å². The second-order valence-corrected chi connectivity index (χ2v) is 4.98. The lowest BCUT2D eigenvalue weighted by molar-refractivity contribution is -0.119. The Morgan fingerprint density at radius 2 is 1.73 bits per heavy atom. The first kappa shape index (κ1) is 15.8. The standard InChI is InChI=1S/C18H21N3O/c1-3-16(15-10-5-4-6-11-15)20-21-18(22)13-19-17-12-8-7-9-14(17)2/h4-12,19H,3,13H2,1-2H3,(H,21,22)/b20-16-. The maximum absolute atomic E-state index is 11.9. The zero-order valence-electron chi connectivity index (χ0n) is 13.0. The van der Waals surface area contributed by atoms with Gasteiger partial charge in [-0.25, -0.2) is 5.43 Å². The van der Waals surface area contributed by atoms with E-state index in [0.29, 0.717) is 0 Å². The van der Waals surface area contributed by atoms with Crippen molar-refractivity contribution in [3.05, 3.63) is 65.7 Å². The van der Waals surface area contributed by atoms with Gasteiger partial charge in [0, 0.05) is 5.69 Å². The van der Waals surface area contributed by atoms with Crippen LogP contribution in [0.2, 0.25) is 0 Å². The summed E-state index contributed by atoms with van der Waals surface area (Å²) in [6, 6.07) is 17.7. The van der Waals surface area contributed by atoms with Crippen LogP contribution in [0.4, 0.5) is 5.69 Å². The Morgan fingerprint density at radius 3 is 2.41 bits per heavy atom. The van der Waals surface area contributed by atoms with Crippen LogP contribution in [0.3, 0.4) is 0 Å². The molecule has 2 rings (SSSR count). The molecular formula is C18H21N3O. The number of benzene rings is 2. The maximum Gasteiger partial charge on any atom is 0.259 e. The van der Waals surface area contributed by atoms with Crippen molar-refractivity contribution < 1.29 is 4.79 Å². The second kappa shape index (κ2) is 7.98. The SMILES string of the molecule is CC/C(=N/NC(=O)CNc1ccccc1C)c1ccccc1. The molecule has 0 saturated heterocycles. The fourth-order valence-electron chi connectivity index (χ4n) is 2.09. The highest BCUT2D eigenvalue weighted by atomic mass is 16.2. The summed E-state index contributed by atoms with van der Waals surface area (Å²) in [5.41, 5.74) is 6.57. The second-order valence-electron chi connectivity index (χ2n) is 4.98. The third-order valence-electron chi connectivity index (χ3n) is 3.34. The summed E-state index contributed by atoms with van der Waals surface area (Å²) in [5, 5.41) is 7.34. The number of aryl methyl sites for hydroxylation is 1. The molecule has 0 saturated carbocycles. The number of hydrogen-bond donors (Lipinski definition) is 2. The molecule has 22 heavy (non-hydrogen) atoms. The Balaban J connectivity index is 1.91. The van der Waals surface area contributed by atoms with E-state index in [1.165, 1.54) is 0 Å². The Hall–Kier alpha value is -2.62. The molecule has 2 aromatic carbocycles. The number of nitrogens with one attached hydrogen (secondary N) is 2. The summed E-state index contributed by atoms with van der Waals surface area (Å²) in [6.07, 6.45) is 0.759. The molecule has 0 aromatic heterocycles. The van der Waals surface area contributed by atoms with Crippen LogP contribution < -0.4 is 10.7 Å². The van der Waals surface area contributed by atoms with E-state index in [0.717, 1.165) is 28.9 Å². The fraction of sp³-hybridized carbons (Fsp3) is 0.222. The highest BCUT2D eigenvalue weighted by molar-refractivity contribution is 6.00. The highest BCUT2D eigenvalue weighted by Gasteiger charge is 2.04. The van der Waals surface area contributed by atoms with Gasteiger partial charge in [-0.3, -0.25) is 4.79 Å². The minimum absolute atomic E-state index is 0.162. The van der Waals surface area contributed by atoms with Gasteiger partial charge in [-0.15, -0.1) is 0 Å². The Kier molecular flexibility index (Phi) is 5.72. The van der Waals surface area contributed by atoms with Crippen LogP contribution in [0.25, 0.3) is 0 Å². The lowest BCUT2D eigenvalue weighted by Crippen LogP contribution is -2.27. The van der Waals surface area contributed by atoms with E-state index in [-0.39, 0.29) is 12.5 Å². The molecule has 4 nitrogen and oxygen atoms in total. The number of anilines is 1. The number of para-hydroxylation sites is 1. The van der Waals surface area contributed by atoms with Gasteiger partial charge in [-0.1, -0.05) is 55.5 Å². The average Bonchev–Trinajstić information content (AvgIpc) is 2.55. The third kappa shape index (κ3) is 4.45. The van der Waals surface area contributed by atoms with Crippen LogP contribution >= 0.6 is 0 Å². The molecule has 0 unspecified atom stereocenters. The smallest absolute Gasteiger partial charge is 0.259 e. The predicted molar refractivity (Wildman–Crippen MR) is 91.1 cm³/mol. The molecular weight excluding hydrogens is 274 g/mol. The first-order chi connectivity index (χ1) is 10.7. The lowest BCUT2D eigenvalue weighted by Gasteiger charge is -2.09. The van der Waals surface area contributed by atoms with E-state index >= 15 is 0 Å². The summed E-state index contributed by atoms with van der Waals surface area (Å²) >= 11 is 0. The number of hydrazone groups is 1. The zero-order chi connectivity index (χ0) is 15.8. The monoisotopic (exact) mass is 295 g/mol. The van der Waals surface area contributed by atoms with Gasteiger partial charge in [0.1, 0.15) is 0 Å². The Bertz CT molecular complexity index is 650. The Labute approximate surface area is 131 Å². The molecule has 0 atom stereocenters. The maximum atomic E-state index is 11.9. The molecule has 0 aliphatic carbocycles. The van der Waals surface area contributed by atoms with Crippen molar-refractivity contribution in [2.24, 2.45) is 5.10 Å². The van der Waals surface area contributed by atoms with E-state index in [2.05, 4.69) is 15.8 Å². The van der Waals surface area contributed by atoms with Crippen molar-refractivity contribution in [3.63, 3.8) is 0 Å². The van der Waals surface area contributed by atoms with Gasteiger partial charge in [-0.05, 0) is 30.5 Å². The van der Waals surface area contributed by atoms with Gasteiger partial charge >= 0.3 is 0 Å². The normalized spacial score (nSPS) is 11.1. The highest BCUT2D eigenvalue weighted by Crippen LogP contribution is 2.12. The molecule has 0 spiro atoms. The molecule has 0 bridgehead atoms. The van der Waals surface area contributed by atoms with Gasteiger partial charge in [0.25, 0.3) is 5.91 Å². The number of rotatable bonds is 6. The number of amides is 1. The van der Waals surface area contributed by atoms with Crippen LogP contribution in [-0.2, 0) is 4.79 Å². The molecule has 2 aromatic rings. The minimum Gasteiger partial charge on any atom is -0.376 e. The van der Waals surface area contributed by atoms with Crippen molar-refractivity contribution in [1.29, 1.82) is 0 Å². The number of carbonyl (C=O) groups excluding carboxylic acids is 1. The van der Waals surface area contributed by atoms with E-state index in [1.807, 2.05) is 68.4 Å². The predicted octanol–water partition coefficient (Wildman–Crippen LogP) is 3.34. The van der Waals surface area contributed by atoms with Gasteiger partial charge in [0.15, 0.2) is 0 Å². The summed E-state index contributed by atoms with van der Waals surface area (Å²) in [5.74, 6) is -0.162. The van der Waals surface area contributed by atoms with E-state index in [4.69, 9.17) is 0 Å². The molecule has 2 N–H and O–H groups in total. The minimum atomic E-state index is -0.162. The fourth-order valence-corrected chi connectivity index (χ4v) is 2.09. The van der Waals surface area contributed by atoms with Crippen LogP contribution in [0, 0.1) is 6.92 Å². The molecule has 4 heteroatoms. The first-order valence-corrected chi connectivity index (χ1v) is 7.41. The summed E-state index contributed by atoms with van der Waals surface area (Å²) in [6.45, 7) is 4.21. The zero-order valence-corrected chi connectivity index (χ0v) is 13.0. The number of hydrogen-bond acceptors (Lipinski definition) is 3. The van der Waals surface area contributed by atoms with Crippen LogP contribution in [0.15, 0.2) is 59.7 Å². The van der Waals surface area contributed by atoms with Crippen molar-refractivity contribution in [2.75, 3.05) is 11.9 Å². The summed E-state index contributed by atoms with van der Waals surface area (Å²) in [4.78, 5) is 11.9.